The normalized spacial score (nSPS) is 12.2. The molecule has 0 saturated carbocycles. The van der Waals surface area contributed by atoms with Crippen molar-refractivity contribution in [1.82, 2.24) is 0 Å². The van der Waals surface area contributed by atoms with Crippen LogP contribution in [0.3, 0.4) is 0 Å². The standard InChI is InChI=1S/C17H17NO3/c1-13(17(19)20)21-16-9-7-15(8-10-16)12-18-11-14-5-3-2-4-6-14/h2-10,12-13H,11H2,1H3,(H,19,20)/t13-/m0/s1. The van der Waals surface area contributed by atoms with Crippen molar-refractivity contribution in [1.29, 1.82) is 0 Å². The van der Waals surface area contributed by atoms with Crippen molar-refractivity contribution >= 4 is 12.2 Å². The molecule has 108 valence electrons. The number of carbonyl (C=O) groups is 1. The van der Waals surface area contributed by atoms with Crippen LogP contribution in [0.15, 0.2) is 59.6 Å². The highest BCUT2D eigenvalue weighted by Crippen LogP contribution is 2.13. The van der Waals surface area contributed by atoms with Gasteiger partial charge in [-0.3, -0.25) is 4.99 Å². The van der Waals surface area contributed by atoms with Gasteiger partial charge in [0.05, 0.1) is 6.54 Å². The zero-order valence-corrected chi connectivity index (χ0v) is 11.8. The third-order valence-corrected chi connectivity index (χ3v) is 2.90. The van der Waals surface area contributed by atoms with E-state index in [9.17, 15) is 4.79 Å². The molecule has 1 atom stereocenters. The molecule has 2 rings (SSSR count). The van der Waals surface area contributed by atoms with Gasteiger partial charge in [-0.15, -0.1) is 0 Å². The van der Waals surface area contributed by atoms with Crippen LogP contribution < -0.4 is 4.74 Å². The molecule has 0 bridgehead atoms. The fourth-order valence-corrected chi connectivity index (χ4v) is 1.73. The Morgan fingerprint density at radius 2 is 1.86 bits per heavy atom. The Kier molecular flexibility index (Phi) is 5.10. The number of carboxylic acids is 1. The number of carboxylic acid groups (broad SMARTS) is 1. The topological polar surface area (TPSA) is 58.9 Å². The van der Waals surface area contributed by atoms with Gasteiger partial charge in [-0.25, -0.2) is 4.79 Å². The van der Waals surface area contributed by atoms with Gasteiger partial charge in [0, 0.05) is 6.21 Å². The first-order valence-corrected chi connectivity index (χ1v) is 6.68. The molecule has 0 spiro atoms. The maximum Gasteiger partial charge on any atom is 0.344 e. The van der Waals surface area contributed by atoms with E-state index >= 15 is 0 Å². The van der Waals surface area contributed by atoms with E-state index in [0.29, 0.717) is 12.3 Å². The highest BCUT2D eigenvalue weighted by Gasteiger charge is 2.11. The van der Waals surface area contributed by atoms with E-state index < -0.39 is 12.1 Å². The number of aliphatic imine (C=N–C) groups is 1. The van der Waals surface area contributed by atoms with Crippen molar-refractivity contribution < 1.29 is 14.6 Å². The van der Waals surface area contributed by atoms with Crippen LogP contribution in [0.25, 0.3) is 0 Å². The molecule has 0 amide bonds. The first-order valence-electron chi connectivity index (χ1n) is 6.68. The zero-order chi connectivity index (χ0) is 15.1. The van der Waals surface area contributed by atoms with Crippen molar-refractivity contribution in [2.75, 3.05) is 0 Å². The molecule has 0 unspecified atom stereocenters. The highest BCUT2D eigenvalue weighted by atomic mass is 16.5. The summed E-state index contributed by atoms with van der Waals surface area (Å²) in [6.45, 7) is 2.13. The molecule has 2 aromatic carbocycles. The molecule has 2 aromatic rings. The molecule has 0 fully saturated rings. The van der Waals surface area contributed by atoms with Crippen molar-refractivity contribution in [3.63, 3.8) is 0 Å². The van der Waals surface area contributed by atoms with Gasteiger partial charge in [0.2, 0.25) is 0 Å². The second kappa shape index (κ2) is 7.24. The summed E-state index contributed by atoms with van der Waals surface area (Å²) in [5.74, 6) is -0.450. The predicted molar refractivity (Wildman–Crippen MR) is 81.9 cm³/mol. The largest absolute Gasteiger partial charge is 0.479 e. The quantitative estimate of drug-likeness (QED) is 0.828. The van der Waals surface area contributed by atoms with Gasteiger partial charge in [0.25, 0.3) is 0 Å². The molecule has 0 aliphatic rings. The smallest absolute Gasteiger partial charge is 0.344 e. The first kappa shape index (κ1) is 14.8. The Labute approximate surface area is 123 Å². The monoisotopic (exact) mass is 283 g/mol. The highest BCUT2D eigenvalue weighted by molar-refractivity contribution is 5.79. The van der Waals surface area contributed by atoms with Crippen molar-refractivity contribution in [3.05, 3.63) is 65.7 Å². The van der Waals surface area contributed by atoms with Crippen LogP contribution in [0, 0.1) is 0 Å². The van der Waals surface area contributed by atoms with Crippen molar-refractivity contribution in [3.8, 4) is 5.75 Å². The summed E-state index contributed by atoms with van der Waals surface area (Å²) < 4.78 is 5.26. The zero-order valence-electron chi connectivity index (χ0n) is 11.8. The minimum Gasteiger partial charge on any atom is -0.479 e. The molecule has 0 aromatic heterocycles. The molecule has 0 aliphatic carbocycles. The van der Waals surface area contributed by atoms with Gasteiger partial charge in [-0.2, -0.15) is 0 Å². The number of aliphatic carboxylic acids is 1. The van der Waals surface area contributed by atoms with Gasteiger partial charge in [-0.1, -0.05) is 30.3 Å². The molecular weight excluding hydrogens is 266 g/mol. The number of ether oxygens (including phenoxy) is 1. The van der Waals surface area contributed by atoms with Crippen LogP contribution in [-0.2, 0) is 11.3 Å². The number of hydrogen-bond acceptors (Lipinski definition) is 3. The second-order valence-electron chi connectivity index (χ2n) is 4.62. The average molecular weight is 283 g/mol. The van der Waals surface area contributed by atoms with Gasteiger partial charge >= 0.3 is 5.97 Å². The molecule has 0 aliphatic heterocycles. The van der Waals surface area contributed by atoms with Gasteiger partial charge in [0.1, 0.15) is 5.75 Å². The number of nitrogens with zero attached hydrogens (tertiary/aromatic N) is 1. The van der Waals surface area contributed by atoms with Crippen LogP contribution in [0.1, 0.15) is 18.1 Å². The second-order valence-corrected chi connectivity index (χ2v) is 4.62. The molecule has 4 heteroatoms. The summed E-state index contributed by atoms with van der Waals surface area (Å²) in [4.78, 5) is 15.1. The lowest BCUT2D eigenvalue weighted by molar-refractivity contribution is -0.144. The molecule has 0 heterocycles. The lowest BCUT2D eigenvalue weighted by Crippen LogP contribution is -2.22. The summed E-state index contributed by atoms with van der Waals surface area (Å²) in [5, 5.41) is 8.78. The summed E-state index contributed by atoms with van der Waals surface area (Å²) in [7, 11) is 0. The summed E-state index contributed by atoms with van der Waals surface area (Å²) in [6, 6.07) is 17.2. The third kappa shape index (κ3) is 4.76. The summed E-state index contributed by atoms with van der Waals surface area (Å²) in [6.07, 6.45) is 0.930. The van der Waals surface area contributed by atoms with Crippen LogP contribution in [-0.4, -0.2) is 23.4 Å². The Morgan fingerprint density at radius 1 is 1.19 bits per heavy atom. The van der Waals surface area contributed by atoms with E-state index in [2.05, 4.69) is 4.99 Å². The third-order valence-electron chi connectivity index (χ3n) is 2.90. The fourth-order valence-electron chi connectivity index (χ4n) is 1.73. The number of hydrogen-bond donors (Lipinski definition) is 1. The van der Waals surface area contributed by atoms with Crippen LogP contribution in [0.5, 0.6) is 5.75 Å². The number of benzene rings is 2. The van der Waals surface area contributed by atoms with Crippen molar-refractivity contribution in [2.45, 2.75) is 19.6 Å². The average Bonchev–Trinajstić information content (AvgIpc) is 2.50. The Morgan fingerprint density at radius 3 is 2.48 bits per heavy atom. The molecule has 0 radical (unpaired) electrons. The van der Waals surface area contributed by atoms with Gasteiger partial charge in [-0.05, 0) is 42.3 Å². The van der Waals surface area contributed by atoms with Gasteiger partial charge in [0.15, 0.2) is 6.10 Å². The lowest BCUT2D eigenvalue weighted by atomic mass is 10.2. The van der Waals surface area contributed by atoms with E-state index in [4.69, 9.17) is 9.84 Å². The van der Waals surface area contributed by atoms with E-state index in [1.807, 2.05) is 42.5 Å². The SMILES string of the molecule is C[C@H](Oc1ccc(C=NCc2ccccc2)cc1)C(=O)O. The Hall–Kier alpha value is -2.62. The maximum absolute atomic E-state index is 10.7. The van der Waals surface area contributed by atoms with E-state index in [1.54, 1.807) is 18.3 Å². The van der Waals surface area contributed by atoms with Crippen LogP contribution in [0.4, 0.5) is 0 Å². The van der Waals surface area contributed by atoms with Crippen LogP contribution >= 0.6 is 0 Å². The minimum absolute atomic E-state index is 0.533. The minimum atomic E-state index is -0.983. The molecule has 4 nitrogen and oxygen atoms in total. The summed E-state index contributed by atoms with van der Waals surface area (Å²) >= 11 is 0. The van der Waals surface area contributed by atoms with Crippen molar-refractivity contribution in [2.24, 2.45) is 4.99 Å². The lowest BCUT2D eigenvalue weighted by Gasteiger charge is -2.09. The first-order chi connectivity index (χ1) is 10.1. The van der Waals surface area contributed by atoms with E-state index in [-0.39, 0.29) is 0 Å². The number of rotatable bonds is 6. The maximum atomic E-state index is 10.7. The Balaban J connectivity index is 1.91. The molecule has 21 heavy (non-hydrogen) atoms. The molecule has 1 N–H and O–H groups in total. The predicted octanol–water partition coefficient (Wildman–Crippen LogP) is 3.16. The van der Waals surface area contributed by atoms with Crippen LogP contribution in [0.2, 0.25) is 0 Å². The summed E-state index contributed by atoms with van der Waals surface area (Å²) in [5.41, 5.74) is 2.10. The van der Waals surface area contributed by atoms with E-state index in [0.717, 1.165) is 11.1 Å². The molecule has 0 saturated heterocycles. The Bertz CT molecular complexity index is 606. The fraction of sp³-hybridized carbons (Fsp3) is 0.176. The van der Waals surface area contributed by atoms with Gasteiger partial charge < -0.3 is 9.84 Å². The molecular formula is C17H17NO3. The van der Waals surface area contributed by atoms with E-state index in [1.165, 1.54) is 6.92 Å².